The molecule has 0 spiro atoms. The molecule has 66 valence electrons. The van der Waals surface area contributed by atoms with Crippen molar-refractivity contribution in [1.29, 1.82) is 0 Å². The molecule has 2 nitrogen and oxygen atoms in total. The van der Waals surface area contributed by atoms with Gasteiger partial charge < -0.3 is 10.5 Å². The van der Waals surface area contributed by atoms with Crippen LogP contribution in [0.2, 0.25) is 0 Å². The molecule has 0 bridgehead atoms. The smallest absolute Gasteiger partial charge is 0.0825 e. The molecule has 1 atom stereocenters. The van der Waals surface area contributed by atoms with Crippen LogP contribution in [-0.4, -0.2) is 19.3 Å². The molecule has 0 radical (unpaired) electrons. The van der Waals surface area contributed by atoms with Crippen molar-refractivity contribution >= 4 is 0 Å². The van der Waals surface area contributed by atoms with Gasteiger partial charge in [0.15, 0.2) is 0 Å². The first-order valence-corrected chi connectivity index (χ1v) is 4.54. The van der Waals surface area contributed by atoms with Gasteiger partial charge in [-0.25, -0.2) is 0 Å². The molecule has 1 fully saturated rings. The second kappa shape index (κ2) is 3.55. The van der Waals surface area contributed by atoms with Gasteiger partial charge in [-0.05, 0) is 25.2 Å². The van der Waals surface area contributed by atoms with E-state index >= 15 is 0 Å². The molecule has 2 heteroatoms. The van der Waals surface area contributed by atoms with E-state index in [9.17, 15) is 0 Å². The van der Waals surface area contributed by atoms with E-state index in [4.69, 9.17) is 10.5 Å². The quantitative estimate of drug-likeness (QED) is 0.672. The number of hydrogen-bond donors (Lipinski definition) is 1. The maximum Gasteiger partial charge on any atom is 0.0825 e. The van der Waals surface area contributed by atoms with Gasteiger partial charge in [0, 0.05) is 13.7 Å². The topological polar surface area (TPSA) is 35.2 Å². The van der Waals surface area contributed by atoms with Crippen molar-refractivity contribution in [2.45, 2.75) is 38.2 Å². The average Bonchev–Trinajstić information content (AvgIpc) is 1.97. The molecule has 0 aromatic heterocycles. The molecule has 0 amide bonds. The van der Waals surface area contributed by atoms with Gasteiger partial charge in [-0.15, -0.1) is 0 Å². The van der Waals surface area contributed by atoms with Crippen LogP contribution in [0.1, 0.15) is 32.6 Å². The Balaban J connectivity index is 2.54. The van der Waals surface area contributed by atoms with Gasteiger partial charge in [0.25, 0.3) is 0 Å². The lowest BCUT2D eigenvalue weighted by molar-refractivity contribution is -0.0793. The molecule has 0 aromatic carbocycles. The van der Waals surface area contributed by atoms with Gasteiger partial charge in [0.1, 0.15) is 0 Å². The van der Waals surface area contributed by atoms with Crippen LogP contribution in [0.5, 0.6) is 0 Å². The Morgan fingerprint density at radius 2 is 2.18 bits per heavy atom. The Kier molecular flexibility index (Phi) is 2.90. The first-order chi connectivity index (χ1) is 5.29. The zero-order valence-electron chi connectivity index (χ0n) is 7.60. The number of rotatable bonds is 4. The van der Waals surface area contributed by atoms with Crippen molar-refractivity contribution < 1.29 is 4.74 Å². The van der Waals surface area contributed by atoms with E-state index in [-0.39, 0.29) is 5.60 Å². The summed E-state index contributed by atoms with van der Waals surface area (Å²) in [5.41, 5.74) is 5.71. The summed E-state index contributed by atoms with van der Waals surface area (Å²) in [6.45, 7) is 2.83. The molecule has 1 aliphatic carbocycles. The molecule has 0 aliphatic heterocycles. The fourth-order valence-electron chi connectivity index (χ4n) is 1.93. The summed E-state index contributed by atoms with van der Waals surface area (Å²) in [6.07, 6.45) is 5.01. The first-order valence-electron chi connectivity index (χ1n) is 4.54. The Labute approximate surface area is 69.1 Å². The number of nitrogens with two attached hydrogens (primary N) is 1. The molecule has 1 aliphatic rings. The molecule has 0 aromatic rings. The largest absolute Gasteiger partial charge is 0.377 e. The maximum absolute atomic E-state index is 5.71. The normalized spacial score (nSPS) is 24.3. The zero-order valence-corrected chi connectivity index (χ0v) is 7.60. The third-order valence-electron chi connectivity index (χ3n) is 3.20. The summed E-state index contributed by atoms with van der Waals surface area (Å²) >= 11 is 0. The third kappa shape index (κ3) is 1.42. The van der Waals surface area contributed by atoms with E-state index in [2.05, 4.69) is 6.92 Å². The summed E-state index contributed by atoms with van der Waals surface area (Å²) in [6, 6.07) is 0. The van der Waals surface area contributed by atoms with E-state index in [1.165, 1.54) is 19.3 Å². The Morgan fingerprint density at radius 1 is 1.55 bits per heavy atom. The fraction of sp³-hybridized carbons (Fsp3) is 1.00. The molecule has 11 heavy (non-hydrogen) atoms. The lowest BCUT2D eigenvalue weighted by Crippen LogP contribution is -2.48. The highest BCUT2D eigenvalue weighted by Crippen LogP contribution is 2.39. The van der Waals surface area contributed by atoms with E-state index in [0.29, 0.717) is 6.54 Å². The Bertz CT molecular complexity index is 108. The van der Waals surface area contributed by atoms with Crippen LogP contribution in [0.15, 0.2) is 0 Å². The van der Waals surface area contributed by atoms with Crippen molar-refractivity contribution in [3.63, 3.8) is 0 Å². The summed E-state index contributed by atoms with van der Waals surface area (Å²) in [5.74, 6) is 0.725. The molecule has 2 N–H and O–H groups in total. The van der Waals surface area contributed by atoms with Crippen molar-refractivity contribution in [1.82, 2.24) is 0 Å². The number of ether oxygens (including phenoxy) is 1. The van der Waals surface area contributed by atoms with Gasteiger partial charge in [0.2, 0.25) is 0 Å². The van der Waals surface area contributed by atoms with Crippen LogP contribution in [0.25, 0.3) is 0 Å². The van der Waals surface area contributed by atoms with Crippen LogP contribution < -0.4 is 5.73 Å². The number of hydrogen-bond acceptors (Lipinski definition) is 2. The maximum atomic E-state index is 5.71. The lowest BCUT2D eigenvalue weighted by Gasteiger charge is -2.43. The summed E-state index contributed by atoms with van der Waals surface area (Å²) < 4.78 is 5.52. The van der Waals surface area contributed by atoms with E-state index in [1.807, 2.05) is 0 Å². The minimum absolute atomic E-state index is 0.00174. The zero-order chi connectivity index (χ0) is 8.32. The van der Waals surface area contributed by atoms with Crippen molar-refractivity contribution in [3.8, 4) is 0 Å². The molecule has 1 saturated carbocycles. The summed E-state index contributed by atoms with van der Waals surface area (Å²) in [5, 5.41) is 0. The molecular weight excluding hydrogens is 138 g/mol. The summed E-state index contributed by atoms with van der Waals surface area (Å²) in [7, 11) is 1.79. The molecule has 1 unspecified atom stereocenters. The van der Waals surface area contributed by atoms with Crippen LogP contribution in [-0.2, 0) is 4.74 Å². The van der Waals surface area contributed by atoms with Crippen LogP contribution in [0.3, 0.4) is 0 Å². The monoisotopic (exact) mass is 157 g/mol. The number of methoxy groups -OCH3 is 1. The fourth-order valence-corrected chi connectivity index (χ4v) is 1.93. The van der Waals surface area contributed by atoms with E-state index in [1.54, 1.807) is 7.11 Å². The predicted octanol–water partition coefficient (Wildman–Crippen LogP) is 1.54. The van der Waals surface area contributed by atoms with E-state index in [0.717, 1.165) is 12.3 Å². The summed E-state index contributed by atoms with van der Waals surface area (Å²) in [4.78, 5) is 0. The van der Waals surface area contributed by atoms with Crippen LogP contribution >= 0.6 is 0 Å². The second-order valence-corrected chi connectivity index (χ2v) is 3.45. The van der Waals surface area contributed by atoms with Crippen LogP contribution in [0, 0.1) is 5.92 Å². The van der Waals surface area contributed by atoms with Gasteiger partial charge in [-0.1, -0.05) is 13.3 Å². The highest BCUT2D eigenvalue weighted by Gasteiger charge is 2.39. The highest BCUT2D eigenvalue weighted by molar-refractivity contribution is 4.92. The van der Waals surface area contributed by atoms with Gasteiger partial charge in [-0.3, -0.25) is 0 Å². The standard InChI is InChI=1S/C9H19NO/c1-3-9(7-10,11-2)8-5-4-6-8/h8H,3-7,10H2,1-2H3. The van der Waals surface area contributed by atoms with Crippen molar-refractivity contribution in [2.75, 3.05) is 13.7 Å². The average molecular weight is 157 g/mol. The van der Waals surface area contributed by atoms with Gasteiger partial charge in [-0.2, -0.15) is 0 Å². The molecule has 1 rings (SSSR count). The molecular formula is C9H19NO. The Hall–Kier alpha value is -0.0800. The minimum Gasteiger partial charge on any atom is -0.377 e. The van der Waals surface area contributed by atoms with E-state index < -0.39 is 0 Å². The first kappa shape index (κ1) is 9.01. The molecule has 0 heterocycles. The lowest BCUT2D eigenvalue weighted by atomic mass is 9.71. The Morgan fingerprint density at radius 3 is 2.27 bits per heavy atom. The minimum atomic E-state index is -0.00174. The SMILES string of the molecule is CCC(CN)(OC)C1CCC1. The predicted molar refractivity (Wildman–Crippen MR) is 46.4 cm³/mol. The highest BCUT2D eigenvalue weighted by atomic mass is 16.5. The van der Waals surface area contributed by atoms with Gasteiger partial charge in [0.05, 0.1) is 5.60 Å². The van der Waals surface area contributed by atoms with Crippen LogP contribution in [0.4, 0.5) is 0 Å². The third-order valence-corrected chi connectivity index (χ3v) is 3.20. The van der Waals surface area contributed by atoms with Crippen molar-refractivity contribution in [3.05, 3.63) is 0 Å². The second-order valence-electron chi connectivity index (χ2n) is 3.45. The van der Waals surface area contributed by atoms with Crippen molar-refractivity contribution in [2.24, 2.45) is 11.7 Å². The molecule has 0 saturated heterocycles. The van der Waals surface area contributed by atoms with Gasteiger partial charge >= 0.3 is 0 Å².